The highest BCUT2D eigenvalue weighted by atomic mass is 32.1. The number of allylic oxidation sites excluding steroid dienone is 2. The molecule has 5 rings (SSSR count). The van der Waals surface area contributed by atoms with E-state index in [9.17, 15) is 8.78 Å². The maximum Gasteiger partial charge on any atom is 0.380 e. The summed E-state index contributed by atoms with van der Waals surface area (Å²) in [7, 11) is 1.49. The van der Waals surface area contributed by atoms with Crippen LogP contribution in [0.15, 0.2) is 54.6 Å². The van der Waals surface area contributed by atoms with Gasteiger partial charge in [-0.2, -0.15) is 26.3 Å². The summed E-state index contributed by atoms with van der Waals surface area (Å²) in [5, 5.41) is 0.565. The molecule has 1 aliphatic carbocycles. The van der Waals surface area contributed by atoms with Crippen molar-refractivity contribution in [2.45, 2.75) is 31.6 Å². The smallest absolute Gasteiger partial charge is 0.380 e. The van der Waals surface area contributed by atoms with Gasteiger partial charge in [0.15, 0.2) is 0 Å². The molecule has 4 aromatic rings. The summed E-state index contributed by atoms with van der Waals surface area (Å²) in [5.41, 5.74) is -1.47. The Kier molecular flexibility index (Phi) is 5.38. The van der Waals surface area contributed by atoms with E-state index in [-0.39, 0.29) is 20.9 Å². The highest BCUT2D eigenvalue weighted by Gasteiger charge is 2.80. The van der Waals surface area contributed by atoms with Gasteiger partial charge in [-0.25, -0.2) is 0 Å². The quantitative estimate of drug-likeness (QED) is 0.242. The van der Waals surface area contributed by atoms with Gasteiger partial charge in [-0.05, 0) is 72.3 Å². The van der Waals surface area contributed by atoms with E-state index >= 15 is 17.6 Å². The van der Waals surface area contributed by atoms with Crippen LogP contribution >= 0.6 is 22.7 Å². The van der Waals surface area contributed by atoms with Gasteiger partial charge in [-0.15, -0.1) is 22.7 Å². The lowest BCUT2D eigenvalue weighted by Crippen LogP contribution is -2.48. The van der Waals surface area contributed by atoms with E-state index in [4.69, 9.17) is 4.74 Å². The zero-order valence-corrected chi connectivity index (χ0v) is 20.3. The Morgan fingerprint density at radius 3 is 1.94 bits per heavy atom. The molecular formula is C26H18F6OS2. The van der Waals surface area contributed by atoms with Crippen molar-refractivity contribution in [1.29, 1.82) is 0 Å². The fraction of sp³-hybridized carbons (Fsp3) is 0.231. The number of alkyl halides is 6. The van der Waals surface area contributed by atoms with Gasteiger partial charge in [0.2, 0.25) is 0 Å². The first kappa shape index (κ1) is 23.9. The Morgan fingerprint density at radius 1 is 0.743 bits per heavy atom. The maximum absolute atomic E-state index is 15.3. The van der Waals surface area contributed by atoms with Crippen LogP contribution in [-0.4, -0.2) is 24.9 Å². The molecule has 0 atom stereocenters. The van der Waals surface area contributed by atoms with Crippen LogP contribution in [-0.2, 0) is 0 Å². The third-order valence-electron chi connectivity index (χ3n) is 6.26. The summed E-state index contributed by atoms with van der Waals surface area (Å²) < 4.78 is 96.3. The molecule has 0 saturated heterocycles. The summed E-state index contributed by atoms with van der Waals surface area (Å²) in [6, 6.07) is 14.9. The summed E-state index contributed by atoms with van der Waals surface area (Å²) in [6.45, 7) is 2.96. The lowest BCUT2D eigenvalue weighted by Gasteiger charge is -2.25. The van der Waals surface area contributed by atoms with Gasteiger partial charge in [0.1, 0.15) is 5.75 Å². The topological polar surface area (TPSA) is 9.23 Å². The highest BCUT2D eigenvalue weighted by molar-refractivity contribution is 7.20. The predicted molar refractivity (Wildman–Crippen MR) is 129 cm³/mol. The Bertz CT molecular complexity index is 1480. The number of methoxy groups -OCH3 is 1. The SMILES string of the molecule is COc1ccc(-c2cc(C)c(C3=C(c4sc5ccccc5c4C)C(F)(F)C(F)(F)C3(F)F)s2)cc1. The molecule has 0 fully saturated rings. The summed E-state index contributed by atoms with van der Waals surface area (Å²) in [4.78, 5) is -0.0271. The average Bonchev–Trinajstić information content (AvgIpc) is 3.39. The molecule has 9 heteroatoms. The number of ether oxygens (including phenoxy) is 1. The lowest BCUT2D eigenvalue weighted by molar-refractivity contribution is -0.254. The van der Waals surface area contributed by atoms with Crippen molar-refractivity contribution in [3.05, 3.63) is 75.5 Å². The number of fused-ring (bicyclic) bond motifs is 1. The fourth-order valence-corrected chi connectivity index (χ4v) is 6.93. The van der Waals surface area contributed by atoms with Crippen LogP contribution in [0.5, 0.6) is 5.75 Å². The molecule has 0 saturated carbocycles. The van der Waals surface area contributed by atoms with Crippen LogP contribution in [0.2, 0.25) is 0 Å². The highest BCUT2D eigenvalue weighted by Crippen LogP contribution is 2.66. The van der Waals surface area contributed by atoms with Gasteiger partial charge in [0, 0.05) is 19.3 Å². The molecule has 35 heavy (non-hydrogen) atoms. The van der Waals surface area contributed by atoms with Gasteiger partial charge in [-0.3, -0.25) is 0 Å². The molecule has 2 aromatic carbocycles. The minimum absolute atomic E-state index is 0.222. The van der Waals surface area contributed by atoms with E-state index < -0.39 is 28.9 Å². The van der Waals surface area contributed by atoms with E-state index in [0.717, 1.165) is 22.7 Å². The van der Waals surface area contributed by atoms with E-state index in [1.165, 1.54) is 21.0 Å². The van der Waals surface area contributed by atoms with Crippen molar-refractivity contribution in [2.75, 3.05) is 7.11 Å². The van der Waals surface area contributed by atoms with Crippen molar-refractivity contribution < 1.29 is 31.1 Å². The zero-order valence-electron chi connectivity index (χ0n) is 18.7. The largest absolute Gasteiger partial charge is 0.497 e. The predicted octanol–water partition coefficient (Wildman–Crippen LogP) is 9.09. The third-order valence-corrected chi connectivity index (χ3v) is 8.85. The maximum atomic E-state index is 15.3. The van der Waals surface area contributed by atoms with Crippen LogP contribution in [0.4, 0.5) is 26.3 Å². The molecule has 0 aliphatic heterocycles. The molecule has 182 valence electrons. The van der Waals surface area contributed by atoms with Gasteiger partial charge >= 0.3 is 17.8 Å². The summed E-state index contributed by atoms with van der Waals surface area (Å²) >= 11 is 1.62. The number of benzene rings is 2. The third kappa shape index (κ3) is 3.27. The fourth-order valence-electron chi connectivity index (χ4n) is 4.38. The molecule has 1 nitrogen and oxygen atoms in total. The first-order chi connectivity index (χ1) is 16.4. The molecule has 0 bridgehead atoms. The standard InChI is InChI=1S/C26H18F6OS2/c1-13-12-19(15-8-10-16(33-3)11-9-15)35-22(13)20-21(25(29,30)26(31,32)24(20,27)28)23-14(2)17-6-4-5-7-18(17)34-23/h4-12H,1-3H3. The Labute approximate surface area is 205 Å². The van der Waals surface area contributed by atoms with Crippen molar-refractivity contribution in [2.24, 2.45) is 0 Å². The molecule has 2 heterocycles. The Balaban J connectivity index is 1.80. The van der Waals surface area contributed by atoms with Crippen LogP contribution in [0.25, 0.3) is 31.7 Å². The number of rotatable bonds is 4. The minimum atomic E-state index is -5.58. The van der Waals surface area contributed by atoms with Crippen LogP contribution < -0.4 is 4.74 Å². The van der Waals surface area contributed by atoms with Gasteiger partial charge in [0.25, 0.3) is 0 Å². The normalized spacial score (nSPS) is 18.4. The van der Waals surface area contributed by atoms with Crippen molar-refractivity contribution in [3.8, 4) is 16.2 Å². The molecule has 0 amide bonds. The molecular weight excluding hydrogens is 506 g/mol. The lowest BCUT2D eigenvalue weighted by atomic mass is 10.00. The molecule has 1 aliphatic rings. The van der Waals surface area contributed by atoms with Crippen molar-refractivity contribution in [1.82, 2.24) is 0 Å². The number of thiophene rings is 2. The molecule has 0 spiro atoms. The first-order valence-electron chi connectivity index (χ1n) is 10.5. The van der Waals surface area contributed by atoms with Gasteiger partial charge < -0.3 is 4.74 Å². The zero-order chi connectivity index (χ0) is 25.3. The van der Waals surface area contributed by atoms with Crippen LogP contribution in [0, 0.1) is 13.8 Å². The molecule has 2 aromatic heterocycles. The number of hydrogen-bond donors (Lipinski definition) is 0. The summed E-state index contributed by atoms with van der Waals surface area (Å²) in [6.07, 6.45) is 0. The van der Waals surface area contributed by atoms with Crippen molar-refractivity contribution >= 4 is 43.9 Å². The first-order valence-corrected chi connectivity index (χ1v) is 12.2. The Hall–Kier alpha value is -2.78. The van der Waals surface area contributed by atoms with Crippen molar-refractivity contribution in [3.63, 3.8) is 0 Å². The van der Waals surface area contributed by atoms with Crippen LogP contribution in [0.3, 0.4) is 0 Å². The minimum Gasteiger partial charge on any atom is -0.497 e. The number of hydrogen-bond acceptors (Lipinski definition) is 3. The number of halogens is 6. The second kappa shape index (κ2) is 7.86. The van der Waals surface area contributed by atoms with Gasteiger partial charge in [0.05, 0.1) is 18.3 Å². The number of aryl methyl sites for hydroxylation is 2. The van der Waals surface area contributed by atoms with E-state index in [1.807, 2.05) is 0 Å². The van der Waals surface area contributed by atoms with E-state index in [1.54, 1.807) is 54.6 Å². The second-order valence-corrected chi connectivity index (χ2v) is 10.5. The molecule has 0 unspecified atom stereocenters. The van der Waals surface area contributed by atoms with Crippen LogP contribution in [0.1, 0.15) is 20.9 Å². The molecule has 0 N–H and O–H groups in total. The Morgan fingerprint density at radius 2 is 1.34 bits per heavy atom. The van der Waals surface area contributed by atoms with Gasteiger partial charge in [-0.1, -0.05) is 18.2 Å². The second-order valence-electron chi connectivity index (χ2n) is 8.38. The monoisotopic (exact) mass is 524 g/mol. The average molecular weight is 525 g/mol. The van der Waals surface area contributed by atoms with E-state index in [0.29, 0.717) is 26.3 Å². The van der Waals surface area contributed by atoms with E-state index in [2.05, 4.69) is 0 Å². The summed E-state index contributed by atoms with van der Waals surface area (Å²) in [5.74, 6) is -15.1. The molecule has 0 radical (unpaired) electrons.